The molecule has 3 atom stereocenters. The summed E-state index contributed by atoms with van der Waals surface area (Å²) in [6.45, 7) is 2.40. The van der Waals surface area contributed by atoms with Crippen LogP contribution in [0.4, 0.5) is 0 Å². The van der Waals surface area contributed by atoms with Crippen molar-refractivity contribution in [3.05, 3.63) is 0 Å². The Morgan fingerprint density at radius 2 is 1.80 bits per heavy atom. The summed E-state index contributed by atoms with van der Waals surface area (Å²) < 4.78 is 0. The van der Waals surface area contributed by atoms with Crippen LogP contribution in [0.15, 0.2) is 0 Å². The second kappa shape index (κ2) is 5.34. The van der Waals surface area contributed by atoms with Crippen LogP contribution in [0, 0.1) is 17.8 Å². The molecule has 0 aromatic carbocycles. The summed E-state index contributed by atoms with van der Waals surface area (Å²) in [5.41, 5.74) is 6.39. The lowest BCUT2D eigenvalue weighted by molar-refractivity contribution is 0.225. The Morgan fingerprint density at radius 3 is 2.47 bits per heavy atom. The lowest BCUT2D eigenvalue weighted by atomic mass is 9.76. The molecule has 0 aliphatic heterocycles. The molecule has 1 heteroatoms. The molecule has 15 heavy (non-hydrogen) atoms. The van der Waals surface area contributed by atoms with E-state index in [1.54, 1.807) is 0 Å². The van der Waals surface area contributed by atoms with Crippen LogP contribution in [0.3, 0.4) is 0 Å². The van der Waals surface area contributed by atoms with E-state index < -0.39 is 0 Å². The second-order valence-corrected chi connectivity index (χ2v) is 6.08. The first-order valence-corrected chi connectivity index (χ1v) is 7.01. The smallest absolute Gasteiger partial charge is 0.00698 e. The van der Waals surface area contributed by atoms with Crippen molar-refractivity contribution < 1.29 is 0 Å². The zero-order chi connectivity index (χ0) is 10.7. The Hall–Kier alpha value is -0.0400. The predicted molar refractivity (Wildman–Crippen MR) is 65.7 cm³/mol. The first-order valence-electron chi connectivity index (χ1n) is 7.01. The van der Waals surface area contributed by atoms with E-state index in [0.29, 0.717) is 6.04 Å². The molecule has 0 saturated heterocycles. The van der Waals surface area contributed by atoms with Crippen LogP contribution in [0.1, 0.15) is 64.7 Å². The highest BCUT2D eigenvalue weighted by Crippen LogP contribution is 2.35. The van der Waals surface area contributed by atoms with Crippen LogP contribution in [-0.4, -0.2) is 6.04 Å². The van der Waals surface area contributed by atoms with Crippen LogP contribution in [-0.2, 0) is 0 Å². The maximum absolute atomic E-state index is 6.39. The van der Waals surface area contributed by atoms with E-state index in [2.05, 4.69) is 6.92 Å². The third kappa shape index (κ3) is 3.21. The highest BCUT2D eigenvalue weighted by molar-refractivity contribution is 4.82. The number of rotatable bonds is 3. The van der Waals surface area contributed by atoms with Crippen LogP contribution < -0.4 is 5.73 Å². The molecule has 2 rings (SSSR count). The zero-order valence-corrected chi connectivity index (χ0v) is 10.3. The van der Waals surface area contributed by atoms with Crippen LogP contribution in [0.25, 0.3) is 0 Å². The molecule has 0 heterocycles. The van der Waals surface area contributed by atoms with Crippen LogP contribution in [0.2, 0.25) is 0 Å². The second-order valence-electron chi connectivity index (χ2n) is 6.08. The fourth-order valence-electron chi connectivity index (χ4n) is 3.69. The van der Waals surface area contributed by atoms with Crippen LogP contribution >= 0.6 is 0 Å². The summed E-state index contributed by atoms with van der Waals surface area (Å²) >= 11 is 0. The van der Waals surface area contributed by atoms with Gasteiger partial charge in [0.05, 0.1) is 0 Å². The summed E-state index contributed by atoms with van der Waals surface area (Å²) in [7, 11) is 0. The molecule has 0 radical (unpaired) electrons. The SMILES string of the molecule is CC1CCCC(C(N)CC2CCCC2)C1. The zero-order valence-electron chi connectivity index (χ0n) is 10.3. The normalized spacial score (nSPS) is 35.6. The number of nitrogens with two attached hydrogens (primary N) is 1. The van der Waals surface area contributed by atoms with Gasteiger partial charge in [0.1, 0.15) is 0 Å². The Balaban J connectivity index is 1.76. The number of hydrogen-bond acceptors (Lipinski definition) is 1. The topological polar surface area (TPSA) is 26.0 Å². The fraction of sp³-hybridized carbons (Fsp3) is 1.00. The molecular formula is C14H27N. The molecule has 0 bridgehead atoms. The van der Waals surface area contributed by atoms with Gasteiger partial charge < -0.3 is 5.73 Å². The van der Waals surface area contributed by atoms with E-state index in [-0.39, 0.29) is 0 Å². The van der Waals surface area contributed by atoms with E-state index in [1.165, 1.54) is 57.8 Å². The minimum Gasteiger partial charge on any atom is -0.327 e. The van der Waals surface area contributed by atoms with Gasteiger partial charge in [-0.3, -0.25) is 0 Å². The minimum absolute atomic E-state index is 0.510. The average Bonchev–Trinajstić information content (AvgIpc) is 2.70. The van der Waals surface area contributed by atoms with Crippen molar-refractivity contribution in [2.24, 2.45) is 23.5 Å². The van der Waals surface area contributed by atoms with Crippen molar-refractivity contribution in [1.82, 2.24) is 0 Å². The van der Waals surface area contributed by atoms with E-state index in [9.17, 15) is 0 Å². The Kier molecular flexibility index (Phi) is 4.07. The Morgan fingerprint density at radius 1 is 1.07 bits per heavy atom. The highest BCUT2D eigenvalue weighted by atomic mass is 14.7. The summed E-state index contributed by atoms with van der Waals surface area (Å²) in [6.07, 6.45) is 12.8. The van der Waals surface area contributed by atoms with Gasteiger partial charge in [-0.2, -0.15) is 0 Å². The first-order chi connectivity index (χ1) is 7.25. The van der Waals surface area contributed by atoms with Gasteiger partial charge in [0.15, 0.2) is 0 Å². The predicted octanol–water partition coefficient (Wildman–Crippen LogP) is 3.72. The molecule has 2 N–H and O–H groups in total. The fourth-order valence-corrected chi connectivity index (χ4v) is 3.69. The van der Waals surface area contributed by atoms with Gasteiger partial charge in [-0.1, -0.05) is 45.4 Å². The molecule has 2 saturated carbocycles. The summed E-state index contributed by atoms with van der Waals surface area (Å²) in [5, 5.41) is 0. The third-order valence-corrected chi connectivity index (χ3v) is 4.66. The van der Waals surface area contributed by atoms with Crippen molar-refractivity contribution in [1.29, 1.82) is 0 Å². The van der Waals surface area contributed by atoms with Crippen molar-refractivity contribution in [3.63, 3.8) is 0 Å². The molecule has 0 amide bonds. The maximum Gasteiger partial charge on any atom is 0.00698 e. The van der Waals surface area contributed by atoms with Crippen molar-refractivity contribution in [2.45, 2.75) is 70.8 Å². The molecular weight excluding hydrogens is 182 g/mol. The molecule has 3 unspecified atom stereocenters. The largest absolute Gasteiger partial charge is 0.327 e. The summed E-state index contributed by atoms with van der Waals surface area (Å²) in [4.78, 5) is 0. The standard InChI is InChI=1S/C14H27N/c1-11-5-4-8-13(9-11)14(15)10-12-6-2-3-7-12/h11-14H,2-10,15H2,1H3. The molecule has 2 aliphatic carbocycles. The van der Waals surface area contributed by atoms with Crippen molar-refractivity contribution in [3.8, 4) is 0 Å². The first kappa shape index (κ1) is 11.4. The van der Waals surface area contributed by atoms with Gasteiger partial charge in [-0.25, -0.2) is 0 Å². The maximum atomic E-state index is 6.39. The third-order valence-electron chi connectivity index (χ3n) is 4.66. The van der Waals surface area contributed by atoms with Gasteiger partial charge in [-0.05, 0) is 37.0 Å². The molecule has 0 spiro atoms. The minimum atomic E-state index is 0.510. The van der Waals surface area contributed by atoms with E-state index in [1.807, 2.05) is 0 Å². The summed E-state index contributed by atoms with van der Waals surface area (Å²) in [6, 6.07) is 0.510. The Labute approximate surface area is 94.8 Å². The van der Waals surface area contributed by atoms with E-state index in [4.69, 9.17) is 5.73 Å². The Bertz CT molecular complexity index is 184. The molecule has 1 nitrogen and oxygen atoms in total. The van der Waals surface area contributed by atoms with E-state index in [0.717, 1.165) is 17.8 Å². The van der Waals surface area contributed by atoms with Gasteiger partial charge in [-0.15, -0.1) is 0 Å². The van der Waals surface area contributed by atoms with Gasteiger partial charge in [0.2, 0.25) is 0 Å². The molecule has 88 valence electrons. The molecule has 2 aliphatic rings. The van der Waals surface area contributed by atoms with Crippen molar-refractivity contribution in [2.75, 3.05) is 0 Å². The van der Waals surface area contributed by atoms with Crippen molar-refractivity contribution >= 4 is 0 Å². The van der Waals surface area contributed by atoms with Gasteiger partial charge >= 0.3 is 0 Å². The summed E-state index contributed by atoms with van der Waals surface area (Å²) in [5.74, 6) is 2.74. The highest BCUT2D eigenvalue weighted by Gasteiger charge is 2.27. The lowest BCUT2D eigenvalue weighted by Gasteiger charge is -2.32. The average molecular weight is 209 g/mol. The lowest BCUT2D eigenvalue weighted by Crippen LogP contribution is -2.34. The van der Waals surface area contributed by atoms with E-state index >= 15 is 0 Å². The quantitative estimate of drug-likeness (QED) is 0.753. The molecule has 2 fully saturated rings. The molecule has 0 aromatic heterocycles. The monoisotopic (exact) mass is 209 g/mol. The van der Waals surface area contributed by atoms with Gasteiger partial charge in [0.25, 0.3) is 0 Å². The van der Waals surface area contributed by atoms with Gasteiger partial charge in [0, 0.05) is 6.04 Å². The number of hydrogen-bond donors (Lipinski definition) is 1. The molecule has 0 aromatic rings. The van der Waals surface area contributed by atoms with Crippen LogP contribution in [0.5, 0.6) is 0 Å².